The van der Waals surface area contributed by atoms with Gasteiger partial charge in [-0.05, 0) is 25.2 Å². The molecule has 0 amide bonds. The molecule has 0 heterocycles. The summed E-state index contributed by atoms with van der Waals surface area (Å²) in [5, 5.41) is 3.12. The number of hydrogen-bond donors (Lipinski definition) is 1. The van der Waals surface area contributed by atoms with Crippen LogP contribution >= 0.6 is 0 Å². The molecule has 0 aromatic rings. The predicted octanol–water partition coefficient (Wildman–Crippen LogP) is 0.941. The molecule has 0 spiro atoms. The molecule has 1 fully saturated rings. The van der Waals surface area contributed by atoms with Crippen LogP contribution in [0.1, 0.15) is 26.2 Å². The van der Waals surface area contributed by atoms with E-state index in [2.05, 4.69) is 18.2 Å². The first kappa shape index (κ1) is 11.1. The Kier molecular flexibility index (Phi) is 3.54. The lowest BCUT2D eigenvalue weighted by Crippen LogP contribution is -2.50. The van der Waals surface area contributed by atoms with Gasteiger partial charge in [-0.1, -0.05) is 12.8 Å². The average Bonchev–Trinajstić information content (AvgIpc) is 2.57. The molecule has 2 atom stereocenters. The predicted molar refractivity (Wildman–Crippen MR) is 54.6 cm³/mol. The van der Waals surface area contributed by atoms with Gasteiger partial charge in [-0.15, -0.1) is 6.42 Å². The molecule has 0 aromatic carbocycles. The van der Waals surface area contributed by atoms with Crippen LogP contribution in [0.2, 0.25) is 0 Å². The SMILES string of the molecule is C#CCNC1(C(=O)OC)CCC(C)C1. The van der Waals surface area contributed by atoms with E-state index in [0.29, 0.717) is 12.5 Å². The summed E-state index contributed by atoms with van der Waals surface area (Å²) in [6.07, 6.45) is 7.87. The lowest BCUT2D eigenvalue weighted by atomic mass is 9.96. The van der Waals surface area contributed by atoms with Gasteiger partial charge in [-0.3, -0.25) is 10.1 Å². The van der Waals surface area contributed by atoms with Crippen LogP contribution in [0.15, 0.2) is 0 Å². The first-order valence-corrected chi connectivity index (χ1v) is 4.91. The van der Waals surface area contributed by atoms with Crippen LogP contribution in [-0.4, -0.2) is 25.2 Å². The molecule has 1 aliphatic rings. The molecular formula is C11H17NO2. The molecule has 0 aromatic heterocycles. The van der Waals surface area contributed by atoms with Crippen molar-refractivity contribution >= 4 is 5.97 Å². The Morgan fingerprint density at radius 2 is 2.50 bits per heavy atom. The monoisotopic (exact) mass is 195 g/mol. The van der Waals surface area contributed by atoms with E-state index in [4.69, 9.17) is 11.2 Å². The number of ether oxygens (including phenoxy) is 1. The quantitative estimate of drug-likeness (QED) is 0.538. The molecule has 0 bridgehead atoms. The molecule has 2 unspecified atom stereocenters. The number of methoxy groups -OCH3 is 1. The van der Waals surface area contributed by atoms with Crippen molar-refractivity contribution in [2.24, 2.45) is 5.92 Å². The minimum Gasteiger partial charge on any atom is -0.468 e. The molecule has 3 heteroatoms. The zero-order valence-electron chi connectivity index (χ0n) is 8.80. The number of nitrogens with one attached hydrogen (secondary N) is 1. The molecule has 3 nitrogen and oxygen atoms in total. The van der Waals surface area contributed by atoms with Crippen LogP contribution in [0.3, 0.4) is 0 Å². The van der Waals surface area contributed by atoms with Crippen molar-refractivity contribution < 1.29 is 9.53 Å². The van der Waals surface area contributed by atoms with Crippen LogP contribution in [-0.2, 0) is 9.53 Å². The molecule has 0 radical (unpaired) electrons. The summed E-state index contributed by atoms with van der Waals surface area (Å²) in [5.41, 5.74) is -0.527. The summed E-state index contributed by atoms with van der Waals surface area (Å²) >= 11 is 0. The standard InChI is InChI=1S/C11H17NO2/c1-4-7-12-11(10(13)14-3)6-5-9(2)8-11/h1,9,12H,5-8H2,2-3H3. The fraction of sp³-hybridized carbons (Fsp3) is 0.727. The van der Waals surface area contributed by atoms with E-state index in [0.717, 1.165) is 19.3 Å². The Labute approximate surface area is 85.2 Å². The van der Waals surface area contributed by atoms with Crippen molar-refractivity contribution in [1.29, 1.82) is 0 Å². The van der Waals surface area contributed by atoms with Gasteiger partial charge in [0.1, 0.15) is 5.54 Å². The lowest BCUT2D eigenvalue weighted by Gasteiger charge is -2.26. The molecule has 14 heavy (non-hydrogen) atoms. The van der Waals surface area contributed by atoms with E-state index in [-0.39, 0.29) is 5.97 Å². The average molecular weight is 195 g/mol. The highest BCUT2D eigenvalue weighted by atomic mass is 16.5. The number of hydrogen-bond acceptors (Lipinski definition) is 3. The third-order valence-electron chi connectivity index (χ3n) is 2.87. The topological polar surface area (TPSA) is 38.3 Å². The second-order valence-corrected chi connectivity index (χ2v) is 3.98. The maximum atomic E-state index is 11.6. The van der Waals surface area contributed by atoms with Crippen LogP contribution in [0.25, 0.3) is 0 Å². The molecule has 0 saturated heterocycles. The second kappa shape index (κ2) is 4.47. The van der Waals surface area contributed by atoms with Crippen LogP contribution < -0.4 is 5.32 Å². The minimum atomic E-state index is -0.527. The maximum Gasteiger partial charge on any atom is 0.326 e. The third kappa shape index (κ3) is 2.08. The van der Waals surface area contributed by atoms with Gasteiger partial charge in [-0.25, -0.2) is 0 Å². The number of carbonyl (C=O) groups excluding carboxylic acids is 1. The summed E-state index contributed by atoms with van der Waals surface area (Å²) in [5.74, 6) is 2.87. The van der Waals surface area contributed by atoms with E-state index >= 15 is 0 Å². The summed E-state index contributed by atoms with van der Waals surface area (Å²) < 4.78 is 4.81. The Balaban J connectivity index is 2.70. The summed E-state index contributed by atoms with van der Waals surface area (Å²) in [7, 11) is 1.42. The highest BCUT2D eigenvalue weighted by Crippen LogP contribution is 2.34. The van der Waals surface area contributed by atoms with Gasteiger partial charge in [-0.2, -0.15) is 0 Å². The highest BCUT2D eigenvalue weighted by molar-refractivity contribution is 5.81. The Morgan fingerprint density at radius 1 is 1.79 bits per heavy atom. The van der Waals surface area contributed by atoms with Crippen molar-refractivity contribution in [3.63, 3.8) is 0 Å². The van der Waals surface area contributed by atoms with Gasteiger partial charge in [0.25, 0.3) is 0 Å². The molecular weight excluding hydrogens is 178 g/mol. The highest BCUT2D eigenvalue weighted by Gasteiger charge is 2.44. The number of carbonyl (C=O) groups is 1. The first-order chi connectivity index (χ1) is 6.64. The van der Waals surface area contributed by atoms with Gasteiger partial charge in [0.05, 0.1) is 13.7 Å². The molecule has 1 N–H and O–H groups in total. The number of esters is 1. The van der Waals surface area contributed by atoms with Gasteiger partial charge in [0.2, 0.25) is 0 Å². The van der Waals surface area contributed by atoms with Gasteiger partial charge < -0.3 is 4.74 Å². The summed E-state index contributed by atoms with van der Waals surface area (Å²) in [4.78, 5) is 11.6. The Hall–Kier alpha value is -1.01. The summed E-state index contributed by atoms with van der Waals surface area (Å²) in [6.45, 7) is 2.56. The van der Waals surface area contributed by atoms with E-state index in [1.807, 2.05) is 0 Å². The van der Waals surface area contributed by atoms with E-state index in [1.165, 1.54) is 7.11 Å². The maximum absolute atomic E-state index is 11.6. The van der Waals surface area contributed by atoms with Crippen molar-refractivity contribution in [2.75, 3.05) is 13.7 Å². The fourth-order valence-corrected chi connectivity index (χ4v) is 2.13. The second-order valence-electron chi connectivity index (χ2n) is 3.98. The number of terminal acetylenes is 1. The zero-order valence-corrected chi connectivity index (χ0v) is 8.80. The molecule has 1 saturated carbocycles. The first-order valence-electron chi connectivity index (χ1n) is 4.91. The Morgan fingerprint density at radius 3 is 2.93 bits per heavy atom. The minimum absolute atomic E-state index is 0.183. The Bertz CT molecular complexity index is 257. The molecule has 1 rings (SSSR count). The van der Waals surface area contributed by atoms with Crippen LogP contribution in [0.5, 0.6) is 0 Å². The van der Waals surface area contributed by atoms with Crippen molar-refractivity contribution in [2.45, 2.75) is 31.7 Å². The van der Waals surface area contributed by atoms with Gasteiger partial charge in [0, 0.05) is 0 Å². The van der Waals surface area contributed by atoms with Crippen LogP contribution in [0.4, 0.5) is 0 Å². The lowest BCUT2D eigenvalue weighted by molar-refractivity contribution is -0.148. The molecule has 0 aliphatic heterocycles. The van der Waals surface area contributed by atoms with E-state index in [9.17, 15) is 4.79 Å². The van der Waals surface area contributed by atoms with Crippen molar-refractivity contribution in [1.82, 2.24) is 5.32 Å². The van der Waals surface area contributed by atoms with E-state index in [1.54, 1.807) is 0 Å². The zero-order chi connectivity index (χ0) is 10.6. The molecule has 78 valence electrons. The van der Waals surface area contributed by atoms with Crippen molar-refractivity contribution in [3.8, 4) is 12.3 Å². The van der Waals surface area contributed by atoms with E-state index < -0.39 is 5.54 Å². The van der Waals surface area contributed by atoms with Crippen LogP contribution in [0, 0.1) is 18.3 Å². The van der Waals surface area contributed by atoms with Gasteiger partial charge >= 0.3 is 5.97 Å². The molecule has 1 aliphatic carbocycles. The van der Waals surface area contributed by atoms with Gasteiger partial charge in [0.15, 0.2) is 0 Å². The summed E-state index contributed by atoms with van der Waals surface area (Å²) in [6, 6.07) is 0. The smallest absolute Gasteiger partial charge is 0.326 e. The number of rotatable bonds is 3. The normalized spacial score (nSPS) is 31.1. The third-order valence-corrected chi connectivity index (χ3v) is 2.87. The fourth-order valence-electron chi connectivity index (χ4n) is 2.13. The van der Waals surface area contributed by atoms with Crippen molar-refractivity contribution in [3.05, 3.63) is 0 Å². The largest absolute Gasteiger partial charge is 0.468 e.